The lowest BCUT2D eigenvalue weighted by atomic mass is 9.94. The predicted molar refractivity (Wildman–Crippen MR) is 134 cm³/mol. The van der Waals surface area contributed by atoms with Crippen LogP contribution in [0, 0.1) is 5.92 Å². The molecule has 2 aromatic carbocycles. The number of carboxylic acids is 2. The highest BCUT2D eigenvalue weighted by Gasteiger charge is 2.36. The molecule has 11 nitrogen and oxygen atoms in total. The van der Waals surface area contributed by atoms with E-state index in [-0.39, 0.29) is 25.4 Å². The van der Waals surface area contributed by atoms with E-state index in [0.29, 0.717) is 6.42 Å². The first-order chi connectivity index (χ1) is 18.1. The number of fused-ring (bicyclic) bond motifs is 3. The first kappa shape index (κ1) is 28.3. The highest BCUT2D eigenvalue weighted by molar-refractivity contribution is 6.04. The molecule has 2 aliphatic rings. The van der Waals surface area contributed by atoms with Crippen molar-refractivity contribution in [2.24, 2.45) is 5.92 Å². The van der Waals surface area contributed by atoms with E-state index < -0.39 is 47.9 Å². The van der Waals surface area contributed by atoms with E-state index >= 15 is 0 Å². The number of unbranched alkanes of at least 4 members (excludes halogenated alkanes) is 1. The molecule has 0 radical (unpaired) electrons. The Morgan fingerprint density at radius 1 is 1.00 bits per heavy atom. The van der Waals surface area contributed by atoms with Gasteiger partial charge in [0, 0.05) is 5.92 Å². The quantitative estimate of drug-likeness (QED) is 0.306. The number of aliphatic hydroxyl groups excluding tert-OH is 1. The van der Waals surface area contributed by atoms with Crippen LogP contribution >= 0.6 is 0 Å². The average molecular weight is 527 g/mol. The third-order valence-corrected chi connectivity index (χ3v) is 6.42. The Morgan fingerprint density at radius 2 is 1.58 bits per heavy atom. The van der Waals surface area contributed by atoms with Crippen molar-refractivity contribution in [3.8, 4) is 11.1 Å². The molecule has 38 heavy (non-hydrogen) atoms. The maximum absolute atomic E-state index is 12.3. The van der Waals surface area contributed by atoms with Crippen LogP contribution in [-0.4, -0.2) is 63.9 Å². The second-order valence-corrected chi connectivity index (χ2v) is 9.01. The molecule has 0 bridgehead atoms. The zero-order valence-electron chi connectivity index (χ0n) is 20.8. The number of hydrogen-bond donors (Lipinski definition) is 5. The Balaban J connectivity index is 0.000000427. The van der Waals surface area contributed by atoms with Crippen molar-refractivity contribution in [2.45, 2.75) is 50.7 Å². The standard InChI is InChI=1S/C23H25NO6.C4H5NO3/c1-2-3-8-18(21(25)26)20(22(27)28)24-23(29)30-13-19-16-11-6-4-9-14(16)15-10-5-7-12-17(15)19;6-2-1-3(7)5-4(2)8/h4-7,9-12,18-20H,2-3,8,13H2,1H3,(H,24,29)(H,25,26)(H,27,28);2,6H,1H2,(H,5,7,8). The van der Waals surface area contributed by atoms with E-state index in [9.17, 15) is 34.2 Å². The number of imide groups is 1. The van der Waals surface area contributed by atoms with Crippen molar-refractivity contribution in [3.05, 3.63) is 59.7 Å². The number of ether oxygens (including phenoxy) is 1. The van der Waals surface area contributed by atoms with Crippen LogP contribution in [0.25, 0.3) is 11.1 Å². The lowest BCUT2D eigenvalue weighted by molar-refractivity contribution is -0.151. The van der Waals surface area contributed by atoms with Crippen molar-refractivity contribution in [3.63, 3.8) is 0 Å². The average Bonchev–Trinajstić information content (AvgIpc) is 3.36. The summed E-state index contributed by atoms with van der Waals surface area (Å²) in [5, 5.41) is 31.6. The van der Waals surface area contributed by atoms with Crippen LogP contribution in [0.4, 0.5) is 4.79 Å². The van der Waals surface area contributed by atoms with Crippen LogP contribution in [0.3, 0.4) is 0 Å². The Morgan fingerprint density at radius 3 is 2.00 bits per heavy atom. The van der Waals surface area contributed by atoms with Gasteiger partial charge in [-0.25, -0.2) is 9.59 Å². The van der Waals surface area contributed by atoms with Gasteiger partial charge in [0.1, 0.15) is 18.8 Å². The van der Waals surface area contributed by atoms with Gasteiger partial charge in [-0.15, -0.1) is 0 Å². The van der Waals surface area contributed by atoms with Crippen LogP contribution in [0.5, 0.6) is 0 Å². The molecule has 202 valence electrons. The van der Waals surface area contributed by atoms with Crippen LogP contribution in [0.15, 0.2) is 48.5 Å². The minimum absolute atomic E-state index is 0.0267. The molecule has 3 amide bonds. The Labute approximate surface area is 218 Å². The zero-order valence-corrected chi connectivity index (χ0v) is 20.8. The summed E-state index contributed by atoms with van der Waals surface area (Å²) in [5.74, 6) is -5.02. The molecule has 0 spiro atoms. The number of carboxylic acid groups (broad SMARTS) is 2. The Kier molecular flexibility index (Phi) is 9.55. The second-order valence-electron chi connectivity index (χ2n) is 9.01. The molecule has 1 saturated heterocycles. The summed E-state index contributed by atoms with van der Waals surface area (Å²) in [7, 11) is 0. The number of amides is 3. The Hall–Kier alpha value is -4.25. The molecule has 11 heteroatoms. The molecule has 4 rings (SSSR count). The molecule has 5 N–H and O–H groups in total. The fraction of sp³-hybridized carbons (Fsp3) is 0.370. The summed E-state index contributed by atoms with van der Waals surface area (Å²) in [6.45, 7) is 1.91. The van der Waals surface area contributed by atoms with Crippen LogP contribution in [0.2, 0.25) is 0 Å². The van der Waals surface area contributed by atoms with Crippen LogP contribution in [0.1, 0.15) is 49.7 Å². The van der Waals surface area contributed by atoms with Crippen LogP contribution in [-0.2, 0) is 23.9 Å². The van der Waals surface area contributed by atoms with E-state index in [1.54, 1.807) is 0 Å². The number of hydrogen-bond acceptors (Lipinski definition) is 7. The number of aliphatic carboxylic acids is 2. The normalized spacial score (nSPS) is 17.3. The van der Waals surface area contributed by atoms with Gasteiger partial charge in [-0.05, 0) is 28.7 Å². The van der Waals surface area contributed by atoms with Gasteiger partial charge in [0.2, 0.25) is 5.91 Å². The summed E-state index contributed by atoms with van der Waals surface area (Å²) in [6.07, 6.45) is -0.700. The molecule has 1 aliphatic carbocycles. The molecular weight excluding hydrogens is 496 g/mol. The fourth-order valence-corrected chi connectivity index (χ4v) is 4.50. The molecule has 0 aromatic heterocycles. The van der Waals surface area contributed by atoms with Gasteiger partial charge >= 0.3 is 18.0 Å². The number of nitrogens with one attached hydrogen (secondary N) is 2. The van der Waals surface area contributed by atoms with Gasteiger partial charge in [0.15, 0.2) is 0 Å². The molecule has 1 heterocycles. The van der Waals surface area contributed by atoms with Crippen LogP contribution < -0.4 is 10.6 Å². The van der Waals surface area contributed by atoms with E-state index in [4.69, 9.17) is 9.84 Å². The summed E-state index contributed by atoms with van der Waals surface area (Å²) in [5.41, 5.74) is 4.23. The van der Waals surface area contributed by atoms with Gasteiger partial charge in [-0.3, -0.25) is 19.7 Å². The number of aliphatic hydroxyl groups is 1. The molecule has 2 aromatic rings. The van der Waals surface area contributed by atoms with Crippen molar-refractivity contribution in [1.29, 1.82) is 0 Å². The monoisotopic (exact) mass is 526 g/mol. The van der Waals surface area contributed by atoms with Gasteiger partial charge in [-0.1, -0.05) is 68.3 Å². The summed E-state index contributed by atoms with van der Waals surface area (Å²) >= 11 is 0. The van der Waals surface area contributed by atoms with Gasteiger partial charge < -0.3 is 25.4 Å². The fourth-order valence-electron chi connectivity index (χ4n) is 4.50. The first-order valence-electron chi connectivity index (χ1n) is 12.2. The van der Waals surface area contributed by atoms with E-state index in [1.807, 2.05) is 60.8 Å². The Bertz CT molecular complexity index is 1170. The van der Waals surface area contributed by atoms with Crippen molar-refractivity contribution < 1.29 is 44.0 Å². The summed E-state index contributed by atoms with van der Waals surface area (Å²) in [4.78, 5) is 55.8. The second kappa shape index (κ2) is 12.8. The molecule has 3 unspecified atom stereocenters. The van der Waals surface area contributed by atoms with E-state index in [1.165, 1.54) is 0 Å². The molecule has 0 saturated carbocycles. The molecule has 1 fully saturated rings. The van der Waals surface area contributed by atoms with Crippen molar-refractivity contribution in [1.82, 2.24) is 10.6 Å². The number of carbonyl (C=O) groups excluding carboxylic acids is 3. The molecular formula is C27H30N2O9. The minimum atomic E-state index is -1.55. The number of rotatable bonds is 9. The lowest BCUT2D eigenvalue weighted by Gasteiger charge is -2.22. The molecule has 3 atom stereocenters. The number of alkyl carbamates (subject to hydrolysis) is 1. The first-order valence-corrected chi connectivity index (χ1v) is 12.2. The topological polar surface area (TPSA) is 179 Å². The van der Waals surface area contributed by atoms with Crippen molar-refractivity contribution >= 4 is 29.8 Å². The number of carbonyl (C=O) groups is 5. The maximum Gasteiger partial charge on any atom is 0.407 e. The summed E-state index contributed by atoms with van der Waals surface area (Å²) in [6, 6.07) is 14.2. The smallest absolute Gasteiger partial charge is 0.407 e. The third kappa shape index (κ3) is 6.74. The van der Waals surface area contributed by atoms with E-state index in [2.05, 4.69) is 5.32 Å². The highest BCUT2D eigenvalue weighted by Crippen LogP contribution is 2.44. The predicted octanol–water partition coefficient (Wildman–Crippen LogP) is 2.26. The SMILES string of the molecule is CCCCC(C(=O)O)C(NC(=O)OCC1c2ccccc2-c2ccccc21)C(=O)O.O=C1CC(O)C(=O)N1. The lowest BCUT2D eigenvalue weighted by Crippen LogP contribution is -2.48. The highest BCUT2D eigenvalue weighted by atomic mass is 16.5. The third-order valence-electron chi connectivity index (χ3n) is 6.42. The summed E-state index contributed by atoms with van der Waals surface area (Å²) < 4.78 is 5.35. The molecule has 1 aliphatic heterocycles. The van der Waals surface area contributed by atoms with Gasteiger partial charge in [0.05, 0.1) is 12.3 Å². The number of benzene rings is 2. The van der Waals surface area contributed by atoms with Crippen molar-refractivity contribution in [2.75, 3.05) is 6.61 Å². The van der Waals surface area contributed by atoms with Gasteiger partial charge in [0.25, 0.3) is 5.91 Å². The zero-order chi connectivity index (χ0) is 27.8. The largest absolute Gasteiger partial charge is 0.481 e. The van der Waals surface area contributed by atoms with Gasteiger partial charge in [-0.2, -0.15) is 0 Å². The maximum atomic E-state index is 12.3. The minimum Gasteiger partial charge on any atom is -0.481 e. The van der Waals surface area contributed by atoms with E-state index in [0.717, 1.165) is 28.7 Å².